The van der Waals surface area contributed by atoms with Gasteiger partial charge in [0.25, 0.3) is 0 Å². The average molecular weight is 392 g/mol. The SMILES string of the molecule is CCCCCCCCc1ccc(CCC(CO)(NC(C)=O)C(=O)OCC)cc1. The lowest BCUT2D eigenvalue weighted by Gasteiger charge is -2.30. The van der Waals surface area contributed by atoms with Crippen LogP contribution < -0.4 is 5.32 Å². The third-order valence-corrected chi connectivity index (χ3v) is 5.03. The maximum absolute atomic E-state index is 12.3. The average Bonchev–Trinajstić information content (AvgIpc) is 2.68. The first kappa shape index (κ1) is 24.2. The van der Waals surface area contributed by atoms with Crippen molar-refractivity contribution in [3.8, 4) is 0 Å². The Morgan fingerprint density at radius 2 is 1.54 bits per heavy atom. The van der Waals surface area contributed by atoms with Gasteiger partial charge in [-0.2, -0.15) is 0 Å². The zero-order chi connectivity index (χ0) is 20.8. The van der Waals surface area contributed by atoms with Crippen LogP contribution in [0.3, 0.4) is 0 Å². The fraction of sp³-hybridized carbons (Fsp3) is 0.652. The second-order valence-corrected chi connectivity index (χ2v) is 7.48. The Balaban J connectivity index is 2.58. The van der Waals surface area contributed by atoms with E-state index in [-0.39, 0.29) is 12.5 Å². The van der Waals surface area contributed by atoms with Crippen molar-refractivity contribution in [1.82, 2.24) is 5.32 Å². The van der Waals surface area contributed by atoms with Crippen LogP contribution >= 0.6 is 0 Å². The minimum Gasteiger partial charge on any atom is -0.464 e. The van der Waals surface area contributed by atoms with E-state index in [9.17, 15) is 14.7 Å². The highest BCUT2D eigenvalue weighted by atomic mass is 16.5. The van der Waals surface area contributed by atoms with Crippen LogP contribution in [0.5, 0.6) is 0 Å². The molecule has 1 aromatic carbocycles. The van der Waals surface area contributed by atoms with Crippen LogP contribution in [0.25, 0.3) is 0 Å². The highest BCUT2D eigenvalue weighted by Crippen LogP contribution is 2.18. The van der Waals surface area contributed by atoms with Crippen LogP contribution in [-0.4, -0.2) is 35.7 Å². The monoisotopic (exact) mass is 391 g/mol. The maximum atomic E-state index is 12.3. The molecule has 0 aliphatic rings. The molecular formula is C23H37NO4. The van der Waals surface area contributed by atoms with Crippen molar-refractivity contribution in [2.75, 3.05) is 13.2 Å². The minimum absolute atomic E-state index is 0.202. The van der Waals surface area contributed by atoms with Gasteiger partial charge in [0.2, 0.25) is 5.91 Å². The van der Waals surface area contributed by atoms with E-state index in [2.05, 4.69) is 36.5 Å². The quantitative estimate of drug-likeness (QED) is 0.372. The molecule has 0 heterocycles. The van der Waals surface area contributed by atoms with Crippen LogP contribution in [0, 0.1) is 0 Å². The fourth-order valence-corrected chi connectivity index (χ4v) is 3.34. The number of hydrogen-bond donors (Lipinski definition) is 2. The molecule has 158 valence electrons. The molecule has 1 amide bonds. The summed E-state index contributed by atoms with van der Waals surface area (Å²) in [5.74, 6) is -0.955. The van der Waals surface area contributed by atoms with Crippen molar-refractivity contribution in [2.45, 2.75) is 84.1 Å². The maximum Gasteiger partial charge on any atom is 0.334 e. The van der Waals surface area contributed by atoms with Crippen molar-refractivity contribution in [2.24, 2.45) is 0 Å². The van der Waals surface area contributed by atoms with E-state index in [1.165, 1.54) is 51.0 Å². The lowest BCUT2D eigenvalue weighted by atomic mass is 9.91. The normalized spacial score (nSPS) is 13.0. The molecule has 5 heteroatoms. The fourth-order valence-electron chi connectivity index (χ4n) is 3.34. The van der Waals surface area contributed by atoms with Gasteiger partial charge in [-0.25, -0.2) is 4.79 Å². The Morgan fingerprint density at radius 1 is 0.964 bits per heavy atom. The molecule has 1 atom stereocenters. The molecule has 0 aromatic heterocycles. The number of rotatable bonds is 14. The van der Waals surface area contributed by atoms with Gasteiger partial charge in [0.1, 0.15) is 0 Å². The number of amides is 1. The molecule has 0 aliphatic heterocycles. The van der Waals surface area contributed by atoms with Crippen LogP contribution in [0.4, 0.5) is 0 Å². The Kier molecular flexibility index (Phi) is 11.5. The standard InChI is InChI=1S/C23H37NO4/c1-4-6-7-8-9-10-11-20-12-14-21(15-13-20)16-17-23(18-25,24-19(3)26)22(27)28-5-2/h12-15,25H,4-11,16-18H2,1-3H3,(H,24,26). The van der Waals surface area contributed by atoms with Crippen LogP contribution in [0.1, 0.15) is 76.8 Å². The van der Waals surface area contributed by atoms with Crippen LogP contribution in [-0.2, 0) is 27.2 Å². The summed E-state index contributed by atoms with van der Waals surface area (Å²) in [7, 11) is 0. The summed E-state index contributed by atoms with van der Waals surface area (Å²) in [6, 6.07) is 8.39. The van der Waals surface area contributed by atoms with Gasteiger partial charge in [0.15, 0.2) is 5.54 Å². The Labute approximate surface area is 169 Å². The van der Waals surface area contributed by atoms with Crippen LogP contribution in [0.2, 0.25) is 0 Å². The number of hydrogen-bond acceptors (Lipinski definition) is 4. The highest BCUT2D eigenvalue weighted by Gasteiger charge is 2.40. The van der Waals surface area contributed by atoms with Gasteiger partial charge in [0, 0.05) is 6.92 Å². The van der Waals surface area contributed by atoms with Crippen molar-refractivity contribution < 1.29 is 19.4 Å². The van der Waals surface area contributed by atoms with Crippen LogP contribution in [0.15, 0.2) is 24.3 Å². The molecule has 0 radical (unpaired) electrons. The second-order valence-electron chi connectivity index (χ2n) is 7.48. The molecule has 0 saturated heterocycles. The summed E-state index contributed by atoms with van der Waals surface area (Å²) in [6.45, 7) is 4.99. The number of esters is 1. The van der Waals surface area contributed by atoms with Crippen molar-refractivity contribution in [3.05, 3.63) is 35.4 Å². The van der Waals surface area contributed by atoms with Gasteiger partial charge in [-0.1, -0.05) is 63.3 Å². The number of benzene rings is 1. The predicted molar refractivity (Wildman–Crippen MR) is 112 cm³/mol. The number of aliphatic hydroxyl groups excluding tert-OH is 1. The number of carbonyl (C=O) groups is 2. The minimum atomic E-state index is -1.39. The second kappa shape index (κ2) is 13.3. The smallest absolute Gasteiger partial charge is 0.334 e. The number of aryl methyl sites for hydroxylation is 2. The van der Waals surface area contributed by atoms with Crippen molar-refractivity contribution >= 4 is 11.9 Å². The third-order valence-electron chi connectivity index (χ3n) is 5.03. The van der Waals surface area contributed by atoms with E-state index in [1.54, 1.807) is 6.92 Å². The van der Waals surface area contributed by atoms with Gasteiger partial charge < -0.3 is 15.2 Å². The first-order valence-electron chi connectivity index (χ1n) is 10.6. The Bertz CT molecular complexity index is 585. The molecule has 1 rings (SSSR count). The number of nitrogens with one attached hydrogen (secondary N) is 1. The Hall–Kier alpha value is -1.88. The molecule has 0 saturated carbocycles. The van der Waals surface area contributed by atoms with Crippen molar-refractivity contribution in [1.29, 1.82) is 0 Å². The van der Waals surface area contributed by atoms with E-state index >= 15 is 0 Å². The molecule has 0 fully saturated rings. The van der Waals surface area contributed by atoms with Gasteiger partial charge >= 0.3 is 5.97 Å². The number of carbonyl (C=O) groups excluding carboxylic acids is 2. The molecule has 28 heavy (non-hydrogen) atoms. The summed E-state index contributed by atoms with van der Waals surface area (Å²) in [5, 5.41) is 12.4. The zero-order valence-corrected chi connectivity index (χ0v) is 17.8. The highest BCUT2D eigenvalue weighted by molar-refractivity contribution is 5.87. The van der Waals surface area contributed by atoms with Gasteiger partial charge in [-0.15, -0.1) is 0 Å². The topological polar surface area (TPSA) is 75.6 Å². The largest absolute Gasteiger partial charge is 0.464 e. The first-order valence-corrected chi connectivity index (χ1v) is 10.6. The lowest BCUT2D eigenvalue weighted by molar-refractivity contribution is -0.155. The molecule has 1 unspecified atom stereocenters. The molecule has 0 bridgehead atoms. The van der Waals surface area contributed by atoms with Gasteiger partial charge in [-0.05, 0) is 43.7 Å². The zero-order valence-electron chi connectivity index (χ0n) is 17.8. The molecule has 2 N–H and O–H groups in total. The van der Waals surface area contributed by atoms with E-state index < -0.39 is 18.1 Å². The van der Waals surface area contributed by atoms with Gasteiger partial charge in [0.05, 0.1) is 13.2 Å². The lowest BCUT2D eigenvalue weighted by Crippen LogP contribution is -2.57. The summed E-state index contributed by atoms with van der Waals surface area (Å²) in [5.41, 5.74) is 0.998. The first-order chi connectivity index (χ1) is 13.5. The summed E-state index contributed by atoms with van der Waals surface area (Å²) >= 11 is 0. The van der Waals surface area contributed by atoms with E-state index in [0.717, 1.165) is 12.0 Å². The summed E-state index contributed by atoms with van der Waals surface area (Å²) < 4.78 is 5.07. The number of ether oxygens (including phenoxy) is 1. The summed E-state index contributed by atoms with van der Waals surface area (Å²) in [6.07, 6.45) is 9.67. The number of aliphatic hydroxyl groups is 1. The molecule has 0 spiro atoms. The van der Waals surface area contributed by atoms with E-state index in [1.807, 2.05) is 0 Å². The number of unbranched alkanes of at least 4 members (excludes halogenated alkanes) is 5. The molecule has 1 aromatic rings. The van der Waals surface area contributed by atoms with Crippen molar-refractivity contribution in [3.63, 3.8) is 0 Å². The summed E-state index contributed by atoms with van der Waals surface area (Å²) in [4.78, 5) is 23.9. The molecular weight excluding hydrogens is 354 g/mol. The van der Waals surface area contributed by atoms with E-state index in [4.69, 9.17) is 4.74 Å². The molecule has 0 aliphatic carbocycles. The predicted octanol–water partition coefficient (Wildman–Crippen LogP) is 3.95. The Morgan fingerprint density at radius 3 is 2.07 bits per heavy atom. The third kappa shape index (κ3) is 8.42. The van der Waals surface area contributed by atoms with E-state index in [0.29, 0.717) is 12.8 Å². The molecule has 5 nitrogen and oxygen atoms in total. The van der Waals surface area contributed by atoms with Gasteiger partial charge in [-0.3, -0.25) is 4.79 Å².